The van der Waals surface area contributed by atoms with Crippen LogP contribution >= 0.6 is 0 Å². The summed E-state index contributed by atoms with van der Waals surface area (Å²) in [6.45, 7) is 4.49. The lowest BCUT2D eigenvalue weighted by Gasteiger charge is -2.09. The molecule has 0 fully saturated rings. The fourth-order valence-corrected chi connectivity index (χ4v) is 1.63. The maximum atomic E-state index is 9.09. The van der Waals surface area contributed by atoms with E-state index in [1.165, 1.54) is 18.4 Å². The third-order valence-electron chi connectivity index (χ3n) is 2.30. The van der Waals surface area contributed by atoms with Crippen LogP contribution in [0.2, 0.25) is 0 Å². The molecule has 0 aliphatic carbocycles. The highest BCUT2D eigenvalue weighted by Crippen LogP contribution is 2.16. The van der Waals surface area contributed by atoms with Crippen LogP contribution in [-0.2, 0) is 6.42 Å². The molecule has 0 bridgehead atoms. The van der Waals surface area contributed by atoms with Gasteiger partial charge in [0.2, 0.25) is 0 Å². The maximum absolute atomic E-state index is 9.09. The van der Waals surface area contributed by atoms with Crippen molar-refractivity contribution in [2.75, 3.05) is 0 Å². The van der Waals surface area contributed by atoms with Gasteiger partial charge in [0.05, 0.1) is 0 Å². The van der Waals surface area contributed by atoms with Crippen LogP contribution in [0.25, 0.3) is 0 Å². The van der Waals surface area contributed by atoms with E-state index in [9.17, 15) is 0 Å². The molecule has 1 nitrogen and oxygen atoms in total. The SMILES string of the molecule is CCC[C@H](C)Cc1ccc(O)cc1. The molecule has 1 atom stereocenters. The largest absolute Gasteiger partial charge is 0.508 e. The number of phenols is 1. The van der Waals surface area contributed by atoms with Crippen LogP contribution in [0, 0.1) is 5.92 Å². The zero-order valence-electron chi connectivity index (χ0n) is 8.46. The van der Waals surface area contributed by atoms with E-state index in [-0.39, 0.29) is 0 Å². The molecule has 1 N–H and O–H groups in total. The number of hydrogen-bond acceptors (Lipinski definition) is 1. The molecule has 0 aromatic heterocycles. The van der Waals surface area contributed by atoms with Crippen molar-refractivity contribution in [1.29, 1.82) is 0 Å². The molecular weight excluding hydrogens is 160 g/mol. The predicted octanol–water partition coefficient (Wildman–Crippen LogP) is 3.37. The molecule has 72 valence electrons. The Balaban J connectivity index is 2.49. The van der Waals surface area contributed by atoms with Crippen molar-refractivity contribution in [3.8, 4) is 5.75 Å². The van der Waals surface area contributed by atoms with Crippen LogP contribution in [0.5, 0.6) is 5.75 Å². The Hall–Kier alpha value is -0.980. The first kappa shape index (κ1) is 10.1. The Morgan fingerprint density at radius 2 is 1.85 bits per heavy atom. The van der Waals surface area contributed by atoms with Crippen LogP contribution < -0.4 is 0 Å². The van der Waals surface area contributed by atoms with Crippen molar-refractivity contribution in [2.24, 2.45) is 5.92 Å². The Kier molecular flexibility index (Phi) is 3.81. The van der Waals surface area contributed by atoms with E-state index < -0.39 is 0 Å². The fraction of sp³-hybridized carbons (Fsp3) is 0.500. The van der Waals surface area contributed by atoms with Crippen molar-refractivity contribution in [2.45, 2.75) is 33.1 Å². The zero-order valence-corrected chi connectivity index (χ0v) is 8.46. The Bertz CT molecular complexity index is 238. The minimum absolute atomic E-state index is 0.354. The summed E-state index contributed by atoms with van der Waals surface area (Å²) >= 11 is 0. The molecule has 1 heteroatoms. The van der Waals surface area contributed by atoms with Crippen molar-refractivity contribution in [3.05, 3.63) is 29.8 Å². The topological polar surface area (TPSA) is 20.2 Å². The van der Waals surface area contributed by atoms with Crippen molar-refractivity contribution >= 4 is 0 Å². The molecule has 0 aliphatic heterocycles. The van der Waals surface area contributed by atoms with Gasteiger partial charge in [-0.2, -0.15) is 0 Å². The average molecular weight is 178 g/mol. The van der Waals surface area contributed by atoms with E-state index in [0.717, 1.165) is 12.3 Å². The molecule has 0 aliphatic rings. The Morgan fingerprint density at radius 1 is 1.23 bits per heavy atom. The van der Waals surface area contributed by atoms with E-state index in [1.54, 1.807) is 12.1 Å². The third kappa shape index (κ3) is 3.49. The summed E-state index contributed by atoms with van der Waals surface area (Å²) in [4.78, 5) is 0. The van der Waals surface area contributed by atoms with E-state index in [1.807, 2.05) is 12.1 Å². The average Bonchev–Trinajstić information content (AvgIpc) is 2.09. The summed E-state index contributed by atoms with van der Waals surface area (Å²) < 4.78 is 0. The van der Waals surface area contributed by atoms with E-state index in [0.29, 0.717) is 5.75 Å². The molecule has 0 saturated carbocycles. The lowest BCUT2D eigenvalue weighted by atomic mass is 9.97. The minimum Gasteiger partial charge on any atom is -0.508 e. The minimum atomic E-state index is 0.354. The molecule has 0 spiro atoms. The van der Waals surface area contributed by atoms with Crippen molar-refractivity contribution in [1.82, 2.24) is 0 Å². The zero-order chi connectivity index (χ0) is 9.68. The summed E-state index contributed by atoms with van der Waals surface area (Å²) in [7, 11) is 0. The van der Waals surface area contributed by atoms with Crippen molar-refractivity contribution < 1.29 is 5.11 Å². The third-order valence-corrected chi connectivity index (χ3v) is 2.30. The lowest BCUT2D eigenvalue weighted by Crippen LogP contribution is -1.98. The normalized spacial score (nSPS) is 12.8. The number of hydrogen-bond donors (Lipinski definition) is 1. The molecule has 0 unspecified atom stereocenters. The Labute approximate surface area is 80.4 Å². The van der Waals surface area contributed by atoms with Crippen LogP contribution in [0.4, 0.5) is 0 Å². The monoisotopic (exact) mass is 178 g/mol. The number of benzene rings is 1. The van der Waals surface area contributed by atoms with Gasteiger partial charge in [0.15, 0.2) is 0 Å². The first-order chi connectivity index (χ1) is 6.22. The molecule has 1 aromatic carbocycles. The molecular formula is C12H18O. The van der Waals surface area contributed by atoms with Gasteiger partial charge in [0.1, 0.15) is 5.75 Å². The second kappa shape index (κ2) is 4.90. The van der Waals surface area contributed by atoms with Gasteiger partial charge < -0.3 is 5.11 Å². The number of aromatic hydroxyl groups is 1. The van der Waals surface area contributed by atoms with Gasteiger partial charge in [-0.25, -0.2) is 0 Å². The van der Waals surface area contributed by atoms with Gasteiger partial charge in [0.25, 0.3) is 0 Å². The summed E-state index contributed by atoms with van der Waals surface area (Å²) in [5, 5.41) is 9.09. The van der Waals surface area contributed by atoms with E-state index in [2.05, 4.69) is 13.8 Å². The predicted molar refractivity (Wildman–Crippen MR) is 55.9 cm³/mol. The summed E-state index contributed by atoms with van der Waals surface area (Å²) in [6.07, 6.45) is 3.65. The Morgan fingerprint density at radius 3 is 2.38 bits per heavy atom. The van der Waals surface area contributed by atoms with Crippen molar-refractivity contribution in [3.63, 3.8) is 0 Å². The summed E-state index contributed by atoms with van der Waals surface area (Å²) in [6, 6.07) is 7.52. The summed E-state index contributed by atoms with van der Waals surface area (Å²) in [5.41, 5.74) is 1.32. The van der Waals surface area contributed by atoms with Gasteiger partial charge in [0, 0.05) is 0 Å². The molecule has 1 aromatic rings. The summed E-state index contributed by atoms with van der Waals surface area (Å²) in [5.74, 6) is 1.10. The van der Waals surface area contributed by atoms with Crippen LogP contribution in [0.15, 0.2) is 24.3 Å². The highest BCUT2D eigenvalue weighted by molar-refractivity contribution is 5.26. The molecule has 0 heterocycles. The van der Waals surface area contributed by atoms with E-state index >= 15 is 0 Å². The van der Waals surface area contributed by atoms with Gasteiger partial charge in [-0.3, -0.25) is 0 Å². The first-order valence-corrected chi connectivity index (χ1v) is 5.00. The van der Waals surface area contributed by atoms with Gasteiger partial charge in [-0.05, 0) is 30.0 Å². The lowest BCUT2D eigenvalue weighted by molar-refractivity contribution is 0.474. The second-order valence-corrected chi connectivity index (χ2v) is 3.76. The van der Waals surface area contributed by atoms with Crippen LogP contribution in [-0.4, -0.2) is 5.11 Å². The fourth-order valence-electron chi connectivity index (χ4n) is 1.63. The molecule has 0 radical (unpaired) electrons. The van der Waals surface area contributed by atoms with E-state index in [4.69, 9.17) is 5.11 Å². The first-order valence-electron chi connectivity index (χ1n) is 5.00. The van der Waals surface area contributed by atoms with Gasteiger partial charge in [-0.1, -0.05) is 38.8 Å². The highest BCUT2D eigenvalue weighted by atomic mass is 16.3. The second-order valence-electron chi connectivity index (χ2n) is 3.76. The smallest absolute Gasteiger partial charge is 0.115 e. The van der Waals surface area contributed by atoms with Gasteiger partial charge >= 0.3 is 0 Å². The number of phenolic OH excluding ortho intramolecular Hbond substituents is 1. The standard InChI is InChI=1S/C12H18O/c1-3-4-10(2)9-11-5-7-12(13)8-6-11/h5-8,10,13H,3-4,9H2,1-2H3/t10-/m0/s1. The molecule has 1 rings (SSSR count). The highest BCUT2D eigenvalue weighted by Gasteiger charge is 2.01. The quantitative estimate of drug-likeness (QED) is 0.749. The maximum Gasteiger partial charge on any atom is 0.115 e. The van der Waals surface area contributed by atoms with Gasteiger partial charge in [-0.15, -0.1) is 0 Å². The molecule has 0 amide bonds. The van der Waals surface area contributed by atoms with Crippen LogP contribution in [0.1, 0.15) is 32.3 Å². The molecule has 13 heavy (non-hydrogen) atoms. The number of rotatable bonds is 4. The van der Waals surface area contributed by atoms with Crippen LogP contribution in [0.3, 0.4) is 0 Å². The molecule has 0 saturated heterocycles.